The molecule has 0 spiro atoms. The molecule has 2 heterocycles. The highest BCUT2D eigenvalue weighted by Gasteiger charge is 2.18. The molecule has 1 saturated heterocycles. The largest absolute Gasteiger partial charge is 0.381 e. The van der Waals surface area contributed by atoms with Crippen LogP contribution in [0.2, 0.25) is 0 Å². The Morgan fingerprint density at radius 2 is 2.11 bits per heavy atom. The van der Waals surface area contributed by atoms with Gasteiger partial charge in [0.15, 0.2) is 0 Å². The van der Waals surface area contributed by atoms with Gasteiger partial charge in [-0.05, 0) is 45.2 Å². The summed E-state index contributed by atoms with van der Waals surface area (Å²) in [7, 11) is 0. The van der Waals surface area contributed by atoms with Gasteiger partial charge in [0.05, 0.1) is 0 Å². The quantitative estimate of drug-likeness (QED) is 0.918. The zero-order valence-electron chi connectivity index (χ0n) is 12.1. The van der Waals surface area contributed by atoms with E-state index in [0.717, 1.165) is 32.6 Å². The van der Waals surface area contributed by atoms with Crippen LogP contribution in [0.3, 0.4) is 0 Å². The third-order valence-corrected chi connectivity index (χ3v) is 4.50. The molecule has 19 heavy (non-hydrogen) atoms. The highest BCUT2D eigenvalue weighted by molar-refractivity contribution is 7.99. The monoisotopic (exact) mass is 280 g/mol. The lowest BCUT2D eigenvalue weighted by atomic mass is 10.1. The molecular weight excluding hydrogens is 256 g/mol. The molecule has 0 radical (unpaired) electrons. The number of thioether (sulfide) groups is 1. The Bertz CT molecular complexity index is 397. The third-order valence-electron chi connectivity index (χ3n) is 3.11. The van der Waals surface area contributed by atoms with Crippen LogP contribution in [0.5, 0.6) is 0 Å². The number of nitrogens with one attached hydrogen (secondary N) is 1. The molecule has 0 atom stereocenters. The Balaban J connectivity index is 1.99. The minimum Gasteiger partial charge on any atom is -0.381 e. The predicted octanol–water partition coefficient (Wildman–Crippen LogP) is 3.24. The van der Waals surface area contributed by atoms with Gasteiger partial charge in [-0.3, -0.25) is 0 Å². The zero-order chi connectivity index (χ0) is 13.7. The molecule has 2 rings (SSSR count). The molecule has 1 aliphatic rings. The van der Waals surface area contributed by atoms with Crippen LogP contribution in [0.25, 0.3) is 0 Å². The van der Waals surface area contributed by atoms with Gasteiger partial charge in [0.2, 0.25) is 0 Å². The molecule has 0 aliphatic carbocycles. The molecule has 106 valence electrons. The van der Waals surface area contributed by atoms with Gasteiger partial charge < -0.3 is 10.1 Å². The second kappa shape index (κ2) is 6.73. The standard InChI is InChI=1S/C15H24N2OS/c1-15(2,3)17-11-12-5-4-8-16-14(12)19-13-6-9-18-10-7-13/h4-5,8,13,17H,6-7,9-11H2,1-3H3. The summed E-state index contributed by atoms with van der Waals surface area (Å²) in [5, 5.41) is 5.36. The first-order valence-electron chi connectivity index (χ1n) is 6.98. The molecule has 0 bridgehead atoms. The van der Waals surface area contributed by atoms with Crippen molar-refractivity contribution in [1.82, 2.24) is 10.3 Å². The van der Waals surface area contributed by atoms with Gasteiger partial charge in [-0.25, -0.2) is 4.98 Å². The van der Waals surface area contributed by atoms with Crippen molar-refractivity contribution in [1.29, 1.82) is 0 Å². The van der Waals surface area contributed by atoms with Crippen LogP contribution in [-0.4, -0.2) is 29.0 Å². The predicted molar refractivity (Wildman–Crippen MR) is 80.5 cm³/mol. The van der Waals surface area contributed by atoms with Crippen LogP contribution in [0.4, 0.5) is 0 Å². The summed E-state index contributed by atoms with van der Waals surface area (Å²) in [6, 6.07) is 4.20. The molecular formula is C15H24N2OS. The maximum atomic E-state index is 5.41. The smallest absolute Gasteiger partial charge is 0.101 e. The summed E-state index contributed by atoms with van der Waals surface area (Å²) < 4.78 is 5.41. The number of hydrogen-bond acceptors (Lipinski definition) is 4. The number of hydrogen-bond donors (Lipinski definition) is 1. The molecule has 4 heteroatoms. The van der Waals surface area contributed by atoms with Crippen LogP contribution in [-0.2, 0) is 11.3 Å². The van der Waals surface area contributed by atoms with Crippen molar-refractivity contribution in [2.24, 2.45) is 0 Å². The minimum absolute atomic E-state index is 0.135. The normalized spacial score (nSPS) is 17.6. The van der Waals surface area contributed by atoms with E-state index < -0.39 is 0 Å². The number of ether oxygens (including phenoxy) is 1. The second-order valence-corrected chi connectivity index (χ2v) is 7.29. The minimum atomic E-state index is 0.135. The first kappa shape index (κ1) is 14.8. The summed E-state index contributed by atoms with van der Waals surface area (Å²) in [4.78, 5) is 4.56. The lowest BCUT2D eigenvalue weighted by Gasteiger charge is -2.24. The molecule has 1 N–H and O–H groups in total. The highest BCUT2D eigenvalue weighted by atomic mass is 32.2. The third kappa shape index (κ3) is 5.13. The van der Waals surface area contributed by atoms with Gasteiger partial charge in [-0.1, -0.05) is 6.07 Å². The van der Waals surface area contributed by atoms with Crippen LogP contribution in [0.15, 0.2) is 23.4 Å². The van der Waals surface area contributed by atoms with Crippen LogP contribution < -0.4 is 5.32 Å². The van der Waals surface area contributed by atoms with Crippen molar-refractivity contribution in [3.8, 4) is 0 Å². The lowest BCUT2D eigenvalue weighted by Crippen LogP contribution is -2.35. The van der Waals surface area contributed by atoms with Gasteiger partial charge in [0.25, 0.3) is 0 Å². The van der Waals surface area contributed by atoms with Crippen molar-refractivity contribution in [3.63, 3.8) is 0 Å². The van der Waals surface area contributed by atoms with E-state index in [1.54, 1.807) is 0 Å². The Hall–Kier alpha value is -0.580. The topological polar surface area (TPSA) is 34.2 Å². The number of nitrogens with zero attached hydrogens (tertiary/aromatic N) is 1. The fourth-order valence-electron chi connectivity index (χ4n) is 1.98. The number of pyridine rings is 1. The summed E-state index contributed by atoms with van der Waals surface area (Å²) >= 11 is 1.91. The van der Waals surface area contributed by atoms with Crippen molar-refractivity contribution < 1.29 is 4.74 Å². The van der Waals surface area contributed by atoms with E-state index in [9.17, 15) is 0 Å². The van der Waals surface area contributed by atoms with Gasteiger partial charge >= 0.3 is 0 Å². The first-order valence-corrected chi connectivity index (χ1v) is 7.86. The summed E-state index contributed by atoms with van der Waals surface area (Å²) in [5.41, 5.74) is 1.44. The number of rotatable bonds is 4. The Morgan fingerprint density at radius 3 is 2.79 bits per heavy atom. The van der Waals surface area contributed by atoms with Crippen molar-refractivity contribution in [2.45, 2.75) is 56.0 Å². The van der Waals surface area contributed by atoms with Crippen LogP contribution in [0.1, 0.15) is 39.2 Å². The molecule has 1 aromatic rings. The Morgan fingerprint density at radius 1 is 1.37 bits per heavy atom. The SMILES string of the molecule is CC(C)(C)NCc1cccnc1SC1CCOCC1. The molecule has 1 aliphatic heterocycles. The molecule has 1 fully saturated rings. The molecule has 3 nitrogen and oxygen atoms in total. The number of aromatic nitrogens is 1. The summed E-state index contributed by atoms with van der Waals surface area (Å²) in [5.74, 6) is 0. The van der Waals surface area contributed by atoms with E-state index in [1.807, 2.05) is 24.0 Å². The van der Waals surface area contributed by atoms with E-state index in [-0.39, 0.29) is 5.54 Å². The van der Waals surface area contributed by atoms with Crippen molar-refractivity contribution in [3.05, 3.63) is 23.9 Å². The van der Waals surface area contributed by atoms with E-state index in [0.29, 0.717) is 5.25 Å². The molecule has 1 aromatic heterocycles. The van der Waals surface area contributed by atoms with Gasteiger partial charge in [0.1, 0.15) is 5.03 Å². The second-order valence-electron chi connectivity index (χ2n) is 6.00. The summed E-state index contributed by atoms with van der Waals surface area (Å²) in [6.07, 6.45) is 4.16. The average Bonchev–Trinajstić information content (AvgIpc) is 2.38. The van der Waals surface area contributed by atoms with E-state index >= 15 is 0 Å². The fraction of sp³-hybridized carbons (Fsp3) is 0.667. The fourth-order valence-corrected chi connectivity index (χ4v) is 3.13. The molecule has 0 unspecified atom stereocenters. The van der Waals surface area contributed by atoms with Crippen molar-refractivity contribution >= 4 is 11.8 Å². The summed E-state index contributed by atoms with van der Waals surface area (Å²) in [6.45, 7) is 9.22. The average molecular weight is 280 g/mol. The van der Waals surface area contributed by atoms with Gasteiger partial charge in [-0.2, -0.15) is 0 Å². The van der Waals surface area contributed by atoms with Crippen LogP contribution in [0, 0.1) is 0 Å². The van der Waals surface area contributed by atoms with Crippen molar-refractivity contribution in [2.75, 3.05) is 13.2 Å². The van der Waals surface area contributed by atoms with E-state index in [4.69, 9.17) is 4.74 Å². The molecule has 0 aromatic carbocycles. The molecule has 0 saturated carbocycles. The Labute approximate surface area is 120 Å². The first-order chi connectivity index (χ1) is 9.04. The van der Waals surface area contributed by atoms with Gasteiger partial charge in [-0.15, -0.1) is 11.8 Å². The zero-order valence-corrected chi connectivity index (χ0v) is 12.9. The highest BCUT2D eigenvalue weighted by Crippen LogP contribution is 2.30. The Kier molecular flexibility index (Phi) is 5.25. The maximum absolute atomic E-state index is 5.41. The lowest BCUT2D eigenvalue weighted by molar-refractivity contribution is 0.1000. The van der Waals surface area contributed by atoms with E-state index in [1.165, 1.54) is 10.6 Å². The van der Waals surface area contributed by atoms with Crippen LogP contribution >= 0.6 is 11.8 Å². The maximum Gasteiger partial charge on any atom is 0.101 e. The van der Waals surface area contributed by atoms with Gasteiger partial charge in [0, 0.05) is 36.7 Å². The molecule has 0 amide bonds. The van der Waals surface area contributed by atoms with E-state index in [2.05, 4.69) is 37.1 Å².